The molecule has 0 heterocycles. The van der Waals surface area contributed by atoms with Crippen molar-refractivity contribution < 1.29 is 0 Å². The Morgan fingerprint density at radius 2 is 1.94 bits per heavy atom. The molecule has 1 aliphatic carbocycles. The monoisotopic (exact) mass is 254 g/mol. The van der Waals surface area contributed by atoms with Crippen LogP contribution in [0.1, 0.15) is 73.1 Å². The quantitative estimate of drug-likeness (QED) is 0.569. The van der Waals surface area contributed by atoms with Gasteiger partial charge in [-0.2, -0.15) is 0 Å². The second kappa shape index (κ2) is 10.4. The van der Waals surface area contributed by atoms with Crippen LogP contribution in [0.5, 0.6) is 0 Å². The highest BCUT2D eigenvalue weighted by Gasteiger charge is 2.21. The summed E-state index contributed by atoms with van der Waals surface area (Å²) in [6.07, 6.45) is 9.98. The van der Waals surface area contributed by atoms with E-state index in [0.717, 1.165) is 17.8 Å². The van der Waals surface area contributed by atoms with E-state index in [9.17, 15) is 0 Å². The van der Waals surface area contributed by atoms with Gasteiger partial charge in [0.25, 0.3) is 0 Å². The zero-order valence-corrected chi connectivity index (χ0v) is 13.1. The van der Waals surface area contributed by atoms with Crippen LogP contribution in [0.4, 0.5) is 0 Å². The molecule has 0 aromatic rings. The van der Waals surface area contributed by atoms with Crippen molar-refractivity contribution in [1.82, 2.24) is 5.43 Å². The Balaban J connectivity index is 0.00000137. The third kappa shape index (κ3) is 5.90. The molecule has 0 saturated heterocycles. The Labute approximate surface area is 114 Å². The maximum absolute atomic E-state index is 5.43. The van der Waals surface area contributed by atoms with Gasteiger partial charge in [-0.3, -0.25) is 5.84 Å². The molecule has 0 spiro atoms. The highest BCUT2D eigenvalue weighted by molar-refractivity contribution is 5.06. The summed E-state index contributed by atoms with van der Waals surface area (Å²) in [6.45, 7) is 11.0. The van der Waals surface area contributed by atoms with E-state index in [1.54, 1.807) is 0 Å². The first kappa shape index (κ1) is 17.5. The van der Waals surface area contributed by atoms with E-state index < -0.39 is 0 Å². The molecule has 2 unspecified atom stereocenters. The standard InChI is InChI=1S/C14H28N2.C2H6/c1-4-12-6-5-7-13(11(2)3)8-9-14(12)10-16-15;1-2/h10-13,16H,4-9,15H2,1-3H3;1-2H3/b14-10-;. The Kier molecular flexibility index (Phi) is 10.1. The number of hydrogen-bond donors (Lipinski definition) is 2. The lowest BCUT2D eigenvalue weighted by Crippen LogP contribution is -2.20. The van der Waals surface area contributed by atoms with Gasteiger partial charge in [-0.05, 0) is 43.4 Å². The molecule has 0 amide bonds. The van der Waals surface area contributed by atoms with Crippen LogP contribution < -0.4 is 11.3 Å². The highest BCUT2D eigenvalue weighted by atomic mass is 15.2. The third-order valence-electron chi connectivity index (χ3n) is 4.16. The van der Waals surface area contributed by atoms with Crippen LogP contribution in [-0.2, 0) is 0 Å². The molecule has 1 aliphatic rings. The Morgan fingerprint density at radius 1 is 1.28 bits per heavy atom. The fourth-order valence-corrected chi connectivity index (χ4v) is 2.94. The summed E-state index contributed by atoms with van der Waals surface area (Å²) < 4.78 is 0. The molecule has 1 fully saturated rings. The van der Waals surface area contributed by atoms with E-state index >= 15 is 0 Å². The zero-order valence-electron chi connectivity index (χ0n) is 13.1. The second-order valence-corrected chi connectivity index (χ2v) is 5.46. The molecule has 0 bridgehead atoms. The first-order valence-corrected chi connectivity index (χ1v) is 7.84. The fraction of sp³-hybridized carbons (Fsp3) is 0.875. The molecule has 3 N–H and O–H groups in total. The minimum atomic E-state index is 0.754. The van der Waals surface area contributed by atoms with E-state index in [2.05, 4.69) is 26.2 Å². The van der Waals surface area contributed by atoms with Gasteiger partial charge in [0.15, 0.2) is 0 Å². The summed E-state index contributed by atoms with van der Waals surface area (Å²) in [7, 11) is 0. The van der Waals surface area contributed by atoms with Crippen molar-refractivity contribution in [3.05, 3.63) is 11.8 Å². The fourth-order valence-electron chi connectivity index (χ4n) is 2.94. The zero-order chi connectivity index (χ0) is 14.0. The summed E-state index contributed by atoms with van der Waals surface area (Å²) in [6, 6.07) is 0. The SMILES string of the molecule is CC.CCC1CCCC(C(C)C)CC/C1=C/NN. The van der Waals surface area contributed by atoms with Crippen LogP contribution in [0.25, 0.3) is 0 Å². The Morgan fingerprint density at radius 3 is 2.44 bits per heavy atom. The predicted octanol–water partition coefficient (Wildman–Crippen LogP) is 4.62. The Bertz CT molecular complexity index is 221. The number of rotatable bonds is 3. The summed E-state index contributed by atoms with van der Waals surface area (Å²) in [5, 5.41) is 0. The second-order valence-electron chi connectivity index (χ2n) is 5.46. The maximum Gasteiger partial charge on any atom is 0.0117 e. The number of nitrogens with one attached hydrogen (secondary N) is 1. The minimum Gasteiger partial charge on any atom is -0.331 e. The van der Waals surface area contributed by atoms with Gasteiger partial charge in [0, 0.05) is 6.20 Å². The van der Waals surface area contributed by atoms with Crippen molar-refractivity contribution in [3.63, 3.8) is 0 Å². The van der Waals surface area contributed by atoms with Gasteiger partial charge in [-0.25, -0.2) is 0 Å². The molecule has 0 aromatic carbocycles. The summed E-state index contributed by atoms with van der Waals surface area (Å²) in [5.74, 6) is 7.91. The first-order valence-electron chi connectivity index (χ1n) is 7.84. The van der Waals surface area contributed by atoms with Crippen molar-refractivity contribution in [1.29, 1.82) is 0 Å². The third-order valence-corrected chi connectivity index (χ3v) is 4.16. The van der Waals surface area contributed by atoms with Gasteiger partial charge in [-0.15, -0.1) is 0 Å². The molecular formula is C16H34N2. The maximum atomic E-state index is 5.43. The number of hydrogen-bond acceptors (Lipinski definition) is 2. The van der Waals surface area contributed by atoms with Crippen molar-refractivity contribution in [2.24, 2.45) is 23.6 Å². The number of hydrazine groups is 1. The predicted molar refractivity (Wildman–Crippen MR) is 81.9 cm³/mol. The van der Waals surface area contributed by atoms with Crippen LogP contribution in [0.2, 0.25) is 0 Å². The minimum absolute atomic E-state index is 0.754. The lowest BCUT2D eigenvalue weighted by atomic mass is 9.78. The first-order chi connectivity index (χ1) is 8.69. The summed E-state index contributed by atoms with van der Waals surface area (Å²) >= 11 is 0. The molecular weight excluding hydrogens is 220 g/mol. The average Bonchev–Trinajstić information content (AvgIpc) is 2.35. The molecule has 2 heteroatoms. The average molecular weight is 254 g/mol. The van der Waals surface area contributed by atoms with E-state index in [1.165, 1.54) is 44.1 Å². The van der Waals surface area contributed by atoms with Crippen molar-refractivity contribution >= 4 is 0 Å². The van der Waals surface area contributed by atoms with Gasteiger partial charge in [0.2, 0.25) is 0 Å². The molecule has 0 aliphatic heterocycles. The van der Waals surface area contributed by atoms with E-state index in [4.69, 9.17) is 5.84 Å². The lowest BCUT2D eigenvalue weighted by Gasteiger charge is -2.28. The van der Waals surface area contributed by atoms with Gasteiger partial charge in [0.05, 0.1) is 0 Å². The molecule has 1 rings (SSSR count). The number of allylic oxidation sites excluding steroid dienone is 1. The molecule has 2 atom stereocenters. The number of nitrogens with two attached hydrogens (primary N) is 1. The van der Waals surface area contributed by atoms with E-state index in [0.29, 0.717) is 0 Å². The lowest BCUT2D eigenvalue weighted by molar-refractivity contribution is 0.294. The largest absolute Gasteiger partial charge is 0.331 e. The normalized spacial score (nSPS) is 27.2. The van der Waals surface area contributed by atoms with Crippen LogP contribution in [0.3, 0.4) is 0 Å². The van der Waals surface area contributed by atoms with Crippen molar-refractivity contribution in [2.75, 3.05) is 0 Å². The van der Waals surface area contributed by atoms with Gasteiger partial charge in [0.1, 0.15) is 0 Å². The van der Waals surface area contributed by atoms with Crippen LogP contribution in [-0.4, -0.2) is 0 Å². The van der Waals surface area contributed by atoms with Crippen molar-refractivity contribution in [2.45, 2.75) is 73.1 Å². The summed E-state index contributed by atoms with van der Waals surface area (Å²) in [5.41, 5.74) is 4.27. The molecule has 1 saturated carbocycles. The molecule has 0 aromatic heterocycles. The highest BCUT2D eigenvalue weighted by Crippen LogP contribution is 2.34. The van der Waals surface area contributed by atoms with Crippen LogP contribution in [0, 0.1) is 17.8 Å². The molecule has 0 radical (unpaired) electrons. The van der Waals surface area contributed by atoms with Gasteiger partial charge < -0.3 is 5.43 Å². The smallest absolute Gasteiger partial charge is 0.0117 e. The van der Waals surface area contributed by atoms with Gasteiger partial charge in [-0.1, -0.05) is 53.0 Å². The van der Waals surface area contributed by atoms with Gasteiger partial charge >= 0.3 is 0 Å². The topological polar surface area (TPSA) is 38.0 Å². The molecule has 18 heavy (non-hydrogen) atoms. The van der Waals surface area contributed by atoms with Crippen molar-refractivity contribution in [3.8, 4) is 0 Å². The molecule has 108 valence electrons. The van der Waals surface area contributed by atoms with E-state index in [-0.39, 0.29) is 0 Å². The summed E-state index contributed by atoms with van der Waals surface area (Å²) in [4.78, 5) is 0. The van der Waals surface area contributed by atoms with E-state index in [1.807, 2.05) is 20.0 Å². The van der Waals surface area contributed by atoms with Crippen LogP contribution in [0.15, 0.2) is 11.8 Å². The van der Waals surface area contributed by atoms with Crippen LogP contribution >= 0.6 is 0 Å². The molecule has 2 nitrogen and oxygen atoms in total. The Hall–Kier alpha value is -0.500.